The summed E-state index contributed by atoms with van der Waals surface area (Å²) in [5, 5.41) is 6.66. The lowest BCUT2D eigenvalue weighted by molar-refractivity contribution is -0.120. The normalized spacial score (nSPS) is 18.3. The van der Waals surface area contributed by atoms with E-state index in [0.717, 1.165) is 25.9 Å². The molecule has 0 aliphatic carbocycles. The Morgan fingerprint density at radius 1 is 1.53 bits per heavy atom. The van der Waals surface area contributed by atoms with Crippen LogP contribution in [0.25, 0.3) is 0 Å². The summed E-state index contributed by atoms with van der Waals surface area (Å²) in [4.78, 5) is 12.0. The van der Waals surface area contributed by atoms with Gasteiger partial charge in [-0.25, -0.2) is 0 Å². The second kappa shape index (κ2) is 7.58. The second-order valence-corrected chi connectivity index (χ2v) is 4.79. The Hall–Kier alpha value is -0.970. The van der Waals surface area contributed by atoms with E-state index in [0.29, 0.717) is 16.5 Å². The lowest BCUT2D eigenvalue weighted by atomic mass is 9.99. The zero-order valence-corrected chi connectivity index (χ0v) is 12.3. The average molecular weight is 305 g/mol. The van der Waals surface area contributed by atoms with Crippen LogP contribution >= 0.6 is 24.0 Å². The summed E-state index contributed by atoms with van der Waals surface area (Å²) in [5.41, 5.74) is 0.715. The lowest BCUT2D eigenvalue weighted by Gasteiger charge is -2.22. The van der Waals surface area contributed by atoms with Crippen molar-refractivity contribution >= 4 is 35.6 Å². The van der Waals surface area contributed by atoms with E-state index >= 15 is 0 Å². The molecule has 0 aromatic heterocycles. The Morgan fingerprint density at radius 3 is 2.95 bits per heavy atom. The van der Waals surface area contributed by atoms with Gasteiger partial charge in [0.25, 0.3) is 0 Å². The van der Waals surface area contributed by atoms with Gasteiger partial charge in [-0.15, -0.1) is 12.4 Å². The Kier molecular flexibility index (Phi) is 6.42. The molecule has 19 heavy (non-hydrogen) atoms. The summed E-state index contributed by atoms with van der Waals surface area (Å²) in [7, 11) is 1.55. The van der Waals surface area contributed by atoms with E-state index in [-0.39, 0.29) is 24.2 Å². The molecule has 1 saturated heterocycles. The molecule has 4 nitrogen and oxygen atoms in total. The maximum Gasteiger partial charge on any atom is 0.228 e. The number of amides is 1. The Bertz CT molecular complexity index is 435. The Balaban J connectivity index is 0.00000180. The first kappa shape index (κ1) is 16.1. The molecule has 0 spiro atoms. The van der Waals surface area contributed by atoms with Crippen molar-refractivity contribution in [1.82, 2.24) is 5.32 Å². The molecule has 1 unspecified atom stereocenters. The number of nitrogens with one attached hydrogen (secondary N) is 2. The van der Waals surface area contributed by atoms with Gasteiger partial charge >= 0.3 is 0 Å². The van der Waals surface area contributed by atoms with Crippen LogP contribution in [-0.4, -0.2) is 26.1 Å². The van der Waals surface area contributed by atoms with E-state index in [1.54, 1.807) is 25.3 Å². The third-order valence-electron chi connectivity index (χ3n) is 3.09. The molecule has 2 N–H and O–H groups in total. The second-order valence-electron chi connectivity index (χ2n) is 4.38. The third-order valence-corrected chi connectivity index (χ3v) is 3.40. The van der Waals surface area contributed by atoms with E-state index in [9.17, 15) is 4.79 Å². The summed E-state index contributed by atoms with van der Waals surface area (Å²) < 4.78 is 5.12. The predicted molar refractivity (Wildman–Crippen MR) is 79.5 cm³/mol. The minimum absolute atomic E-state index is 0. The summed E-state index contributed by atoms with van der Waals surface area (Å²) >= 11 is 5.93. The van der Waals surface area contributed by atoms with Crippen molar-refractivity contribution in [2.45, 2.75) is 12.8 Å². The number of anilines is 1. The maximum atomic E-state index is 12.0. The largest absolute Gasteiger partial charge is 0.495 e. The van der Waals surface area contributed by atoms with Gasteiger partial charge in [-0.05, 0) is 31.5 Å². The topological polar surface area (TPSA) is 50.4 Å². The van der Waals surface area contributed by atoms with E-state index < -0.39 is 0 Å². The minimum Gasteiger partial charge on any atom is -0.495 e. The number of methoxy groups -OCH3 is 1. The third kappa shape index (κ3) is 4.27. The molecule has 1 aromatic rings. The fraction of sp³-hybridized carbons (Fsp3) is 0.462. The first-order chi connectivity index (χ1) is 8.70. The van der Waals surface area contributed by atoms with Crippen LogP contribution in [0.3, 0.4) is 0 Å². The number of piperidine rings is 1. The molecule has 1 aliphatic rings. The van der Waals surface area contributed by atoms with Crippen LogP contribution in [0.5, 0.6) is 5.75 Å². The molecule has 1 heterocycles. The molecule has 0 radical (unpaired) electrons. The van der Waals surface area contributed by atoms with Gasteiger partial charge in [0.2, 0.25) is 5.91 Å². The van der Waals surface area contributed by atoms with Crippen molar-refractivity contribution in [2.75, 3.05) is 25.5 Å². The number of carbonyl (C=O) groups is 1. The number of rotatable bonds is 3. The number of ether oxygens (including phenoxy) is 1. The molecular weight excluding hydrogens is 287 g/mol. The lowest BCUT2D eigenvalue weighted by Crippen LogP contribution is -2.37. The minimum atomic E-state index is 0. The van der Waals surface area contributed by atoms with Crippen molar-refractivity contribution in [3.63, 3.8) is 0 Å². The van der Waals surface area contributed by atoms with Crippen LogP contribution in [-0.2, 0) is 4.79 Å². The van der Waals surface area contributed by atoms with Gasteiger partial charge in [0.05, 0.1) is 18.1 Å². The van der Waals surface area contributed by atoms with Gasteiger partial charge in [-0.1, -0.05) is 11.6 Å². The number of carbonyl (C=O) groups excluding carboxylic acids is 1. The fourth-order valence-electron chi connectivity index (χ4n) is 2.06. The summed E-state index contributed by atoms with van der Waals surface area (Å²) in [6, 6.07) is 5.23. The van der Waals surface area contributed by atoms with E-state index in [4.69, 9.17) is 16.3 Å². The zero-order valence-electron chi connectivity index (χ0n) is 10.7. The van der Waals surface area contributed by atoms with Gasteiger partial charge in [-0.3, -0.25) is 4.79 Å². The van der Waals surface area contributed by atoms with Crippen LogP contribution in [0.15, 0.2) is 18.2 Å². The van der Waals surface area contributed by atoms with Crippen molar-refractivity contribution in [2.24, 2.45) is 5.92 Å². The van der Waals surface area contributed by atoms with E-state index in [1.807, 2.05) is 0 Å². The van der Waals surface area contributed by atoms with Crippen LogP contribution in [0, 0.1) is 5.92 Å². The number of benzene rings is 1. The van der Waals surface area contributed by atoms with Gasteiger partial charge in [-0.2, -0.15) is 0 Å². The molecule has 106 valence electrons. The quantitative estimate of drug-likeness (QED) is 0.903. The number of hydrogen-bond donors (Lipinski definition) is 2. The maximum absolute atomic E-state index is 12.0. The van der Waals surface area contributed by atoms with Crippen LogP contribution in [0.4, 0.5) is 5.69 Å². The van der Waals surface area contributed by atoms with Crippen molar-refractivity contribution in [3.8, 4) is 5.75 Å². The van der Waals surface area contributed by atoms with Gasteiger partial charge in [0, 0.05) is 18.3 Å². The molecule has 0 bridgehead atoms. The number of hydrogen-bond acceptors (Lipinski definition) is 3. The summed E-state index contributed by atoms with van der Waals surface area (Å²) in [5.74, 6) is 0.656. The first-order valence-corrected chi connectivity index (χ1v) is 6.43. The molecule has 6 heteroatoms. The Morgan fingerprint density at radius 2 is 2.32 bits per heavy atom. The molecule has 0 saturated carbocycles. The summed E-state index contributed by atoms with van der Waals surface area (Å²) in [6.07, 6.45) is 1.98. The molecular formula is C13H18Cl2N2O2. The van der Waals surface area contributed by atoms with E-state index in [2.05, 4.69) is 10.6 Å². The predicted octanol–water partition coefficient (Wildman–Crippen LogP) is 2.71. The van der Waals surface area contributed by atoms with E-state index in [1.165, 1.54) is 0 Å². The van der Waals surface area contributed by atoms with Crippen molar-refractivity contribution in [3.05, 3.63) is 23.2 Å². The molecule has 1 fully saturated rings. The van der Waals surface area contributed by atoms with Gasteiger partial charge < -0.3 is 15.4 Å². The molecule has 1 aromatic carbocycles. The molecule has 1 amide bonds. The SMILES string of the molecule is COc1cc(NC(=O)C2CCCNC2)ccc1Cl.Cl. The van der Waals surface area contributed by atoms with Crippen LogP contribution in [0.2, 0.25) is 5.02 Å². The van der Waals surface area contributed by atoms with Gasteiger partial charge in [0.15, 0.2) is 0 Å². The molecule has 1 aliphatic heterocycles. The summed E-state index contributed by atoms with van der Waals surface area (Å²) in [6.45, 7) is 1.75. The highest BCUT2D eigenvalue weighted by molar-refractivity contribution is 6.32. The highest BCUT2D eigenvalue weighted by Gasteiger charge is 2.20. The van der Waals surface area contributed by atoms with Crippen LogP contribution in [0.1, 0.15) is 12.8 Å². The smallest absolute Gasteiger partial charge is 0.228 e. The Labute approximate surface area is 124 Å². The van der Waals surface area contributed by atoms with Crippen molar-refractivity contribution in [1.29, 1.82) is 0 Å². The zero-order chi connectivity index (χ0) is 13.0. The van der Waals surface area contributed by atoms with Gasteiger partial charge in [0.1, 0.15) is 5.75 Å². The first-order valence-electron chi connectivity index (χ1n) is 6.06. The number of halogens is 2. The van der Waals surface area contributed by atoms with Crippen LogP contribution < -0.4 is 15.4 Å². The highest BCUT2D eigenvalue weighted by Crippen LogP contribution is 2.27. The average Bonchev–Trinajstić information content (AvgIpc) is 2.42. The molecule has 2 rings (SSSR count). The molecule has 1 atom stereocenters. The fourth-order valence-corrected chi connectivity index (χ4v) is 2.25. The van der Waals surface area contributed by atoms with Crippen molar-refractivity contribution < 1.29 is 9.53 Å². The highest BCUT2D eigenvalue weighted by atomic mass is 35.5. The standard InChI is InChI=1S/C13H17ClN2O2.ClH/c1-18-12-7-10(4-5-11(12)14)16-13(17)9-3-2-6-15-8-9;/h4-5,7,9,15H,2-3,6,8H2,1H3,(H,16,17);1H. The monoisotopic (exact) mass is 304 g/mol.